The number of hydrogen-bond acceptors (Lipinski definition) is 5. The van der Waals surface area contributed by atoms with Crippen molar-refractivity contribution in [1.82, 2.24) is 0 Å². The van der Waals surface area contributed by atoms with E-state index in [4.69, 9.17) is 25.5 Å². The van der Waals surface area contributed by atoms with Crippen LogP contribution >= 0.6 is 0 Å². The number of aliphatic hydroxyl groups is 5. The van der Waals surface area contributed by atoms with Crippen LogP contribution in [0.1, 0.15) is 137 Å². The molecule has 1 fully saturated rings. The van der Waals surface area contributed by atoms with E-state index in [1.807, 2.05) is 0 Å². The summed E-state index contributed by atoms with van der Waals surface area (Å²) in [4.78, 5) is 0. The molecule has 0 unspecified atom stereocenters. The van der Waals surface area contributed by atoms with Gasteiger partial charge in [-0.05, 0) is 34.6 Å². The lowest BCUT2D eigenvalue weighted by atomic mass is 10.0. The molecule has 196 valence electrons. The Bertz CT molecular complexity index is 129. The molecule has 0 aliphatic heterocycles. The van der Waals surface area contributed by atoms with Crippen molar-refractivity contribution in [2.75, 3.05) is 33.0 Å². The van der Waals surface area contributed by atoms with E-state index in [1.165, 1.54) is 103 Å². The fourth-order valence-electron chi connectivity index (χ4n) is 2.83. The van der Waals surface area contributed by atoms with E-state index in [1.54, 1.807) is 34.6 Å². The minimum atomic E-state index is 0.250. The first-order chi connectivity index (χ1) is 15.1. The molecule has 1 aliphatic rings. The predicted molar refractivity (Wildman–Crippen MR) is 138 cm³/mol. The highest BCUT2D eigenvalue weighted by Gasteiger charge is 1.96. The van der Waals surface area contributed by atoms with Gasteiger partial charge in [0.15, 0.2) is 0 Å². The third-order valence-electron chi connectivity index (χ3n) is 4.00. The van der Waals surface area contributed by atoms with Gasteiger partial charge in [-0.15, -0.1) is 0 Å². The summed E-state index contributed by atoms with van der Waals surface area (Å²) < 4.78 is 0. The average Bonchev–Trinajstić information content (AvgIpc) is 2.71. The summed E-state index contributed by atoms with van der Waals surface area (Å²) in [5, 5.41) is 37.8. The lowest BCUT2D eigenvalue weighted by molar-refractivity contribution is 0.318. The molecule has 5 heteroatoms. The van der Waals surface area contributed by atoms with Crippen LogP contribution in [0.3, 0.4) is 0 Å². The van der Waals surface area contributed by atoms with Gasteiger partial charge in [-0.2, -0.15) is 0 Å². The minimum absolute atomic E-state index is 0.250. The zero-order chi connectivity index (χ0) is 24.8. The van der Waals surface area contributed by atoms with Gasteiger partial charge >= 0.3 is 0 Å². The van der Waals surface area contributed by atoms with E-state index in [9.17, 15) is 0 Å². The average molecular weight is 455 g/mol. The molecule has 0 aromatic rings. The second-order valence-corrected chi connectivity index (χ2v) is 7.24. The SMILES string of the molecule is C1CCCCCCCCCCCCCCC1.CCO.CCO.CCO.CCO.CCO. The maximum absolute atomic E-state index is 7.57. The Labute approximate surface area is 196 Å². The van der Waals surface area contributed by atoms with E-state index >= 15 is 0 Å². The van der Waals surface area contributed by atoms with Crippen molar-refractivity contribution >= 4 is 0 Å². The Kier molecular flexibility index (Phi) is 75.7. The molecule has 5 nitrogen and oxygen atoms in total. The van der Waals surface area contributed by atoms with Gasteiger partial charge in [0.05, 0.1) is 0 Å². The molecule has 0 bridgehead atoms. The van der Waals surface area contributed by atoms with Crippen molar-refractivity contribution in [3.05, 3.63) is 0 Å². The Balaban J connectivity index is -0.000000123. The molecule has 1 aliphatic carbocycles. The van der Waals surface area contributed by atoms with Crippen LogP contribution < -0.4 is 0 Å². The molecule has 0 spiro atoms. The van der Waals surface area contributed by atoms with Crippen molar-refractivity contribution < 1.29 is 25.5 Å². The molecule has 0 aromatic heterocycles. The second-order valence-electron chi connectivity index (χ2n) is 7.24. The van der Waals surface area contributed by atoms with E-state index in [-0.39, 0.29) is 33.0 Å². The Morgan fingerprint density at radius 2 is 0.290 bits per heavy atom. The lowest BCUT2D eigenvalue weighted by Crippen LogP contribution is -1.85. The quantitative estimate of drug-likeness (QED) is 0.298. The van der Waals surface area contributed by atoms with Crippen LogP contribution in [-0.2, 0) is 0 Å². The van der Waals surface area contributed by atoms with Crippen LogP contribution in [0.4, 0.5) is 0 Å². The van der Waals surface area contributed by atoms with Gasteiger partial charge in [-0.3, -0.25) is 0 Å². The van der Waals surface area contributed by atoms with Gasteiger partial charge in [-0.25, -0.2) is 0 Å². The largest absolute Gasteiger partial charge is 0.397 e. The molecule has 0 amide bonds. The first-order valence-electron chi connectivity index (χ1n) is 13.1. The standard InChI is InChI=1S/C16H32.5C2H6O/c1-2-4-6-8-10-12-14-16-15-13-11-9-7-5-3-1;5*1-2-3/h1-16H2;5*3H,2H2,1H3. The maximum Gasteiger partial charge on any atom is 0.0402 e. The van der Waals surface area contributed by atoms with Crippen molar-refractivity contribution in [1.29, 1.82) is 0 Å². The molecule has 1 saturated carbocycles. The topological polar surface area (TPSA) is 101 Å². The van der Waals surface area contributed by atoms with Crippen molar-refractivity contribution in [3.63, 3.8) is 0 Å². The van der Waals surface area contributed by atoms with Crippen molar-refractivity contribution in [3.8, 4) is 0 Å². The van der Waals surface area contributed by atoms with E-state index in [0.29, 0.717) is 0 Å². The van der Waals surface area contributed by atoms with Gasteiger partial charge in [-0.1, -0.05) is 103 Å². The van der Waals surface area contributed by atoms with E-state index < -0.39 is 0 Å². The van der Waals surface area contributed by atoms with Gasteiger partial charge in [0.2, 0.25) is 0 Å². The molecular weight excluding hydrogens is 392 g/mol. The minimum Gasteiger partial charge on any atom is -0.397 e. The summed E-state index contributed by atoms with van der Waals surface area (Å²) in [6.45, 7) is 9.65. The Morgan fingerprint density at radius 1 is 0.258 bits per heavy atom. The highest BCUT2D eigenvalue weighted by atomic mass is 16.3. The maximum atomic E-state index is 7.57. The number of rotatable bonds is 0. The van der Waals surface area contributed by atoms with Crippen LogP contribution in [0.25, 0.3) is 0 Å². The second kappa shape index (κ2) is 57.1. The van der Waals surface area contributed by atoms with Gasteiger partial charge < -0.3 is 25.5 Å². The van der Waals surface area contributed by atoms with E-state index in [0.717, 1.165) is 0 Å². The molecule has 31 heavy (non-hydrogen) atoms. The summed E-state index contributed by atoms with van der Waals surface area (Å²) >= 11 is 0. The number of aliphatic hydroxyl groups excluding tert-OH is 5. The van der Waals surface area contributed by atoms with Gasteiger partial charge in [0, 0.05) is 33.0 Å². The summed E-state index contributed by atoms with van der Waals surface area (Å²) in [6, 6.07) is 0. The molecule has 0 atom stereocenters. The van der Waals surface area contributed by atoms with Crippen LogP contribution in [0.2, 0.25) is 0 Å². The third-order valence-corrected chi connectivity index (χ3v) is 4.00. The fourth-order valence-corrected chi connectivity index (χ4v) is 2.83. The predicted octanol–water partition coefficient (Wildman–Crippen LogP) is 6.23. The van der Waals surface area contributed by atoms with Crippen LogP contribution in [-0.4, -0.2) is 58.6 Å². The van der Waals surface area contributed by atoms with Gasteiger partial charge in [0.25, 0.3) is 0 Å². The van der Waals surface area contributed by atoms with Gasteiger partial charge in [0.1, 0.15) is 0 Å². The zero-order valence-electron chi connectivity index (χ0n) is 22.1. The summed E-state index contributed by atoms with van der Waals surface area (Å²) in [5.41, 5.74) is 0. The molecule has 5 N–H and O–H groups in total. The fraction of sp³-hybridized carbons (Fsp3) is 1.00. The molecular formula is C26H62O5. The Hall–Kier alpha value is -0.200. The van der Waals surface area contributed by atoms with Crippen LogP contribution in [0, 0.1) is 0 Å². The summed E-state index contributed by atoms with van der Waals surface area (Å²) in [7, 11) is 0. The molecule has 1 rings (SSSR count). The third kappa shape index (κ3) is 92.3. The first-order valence-corrected chi connectivity index (χ1v) is 13.1. The lowest BCUT2D eigenvalue weighted by Gasteiger charge is -2.05. The van der Waals surface area contributed by atoms with Crippen molar-refractivity contribution in [2.24, 2.45) is 0 Å². The highest BCUT2D eigenvalue weighted by molar-refractivity contribution is 4.52. The Morgan fingerprint density at radius 3 is 0.323 bits per heavy atom. The van der Waals surface area contributed by atoms with E-state index in [2.05, 4.69) is 0 Å². The number of hydrogen-bond donors (Lipinski definition) is 5. The van der Waals surface area contributed by atoms with Crippen LogP contribution in [0.5, 0.6) is 0 Å². The normalized spacial score (nSPS) is 15.3. The summed E-state index contributed by atoms with van der Waals surface area (Å²) in [5.74, 6) is 0. The smallest absolute Gasteiger partial charge is 0.0402 e. The van der Waals surface area contributed by atoms with Crippen molar-refractivity contribution in [2.45, 2.75) is 137 Å². The molecule has 0 heterocycles. The zero-order valence-corrected chi connectivity index (χ0v) is 22.1. The molecule has 0 aromatic carbocycles. The highest BCUT2D eigenvalue weighted by Crippen LogP contribution is 2.16. The van der Waals surface area contributed by atoms with Crippen LogP contribution in [0.15, 0.2) is 0 Å². The summed E-state index contributed by atoms with van der Waals surface area (Å²) in [6.07, 6.45) is 24.0. The first kappa shape index (κ1) is 41.1. The molecule has 0 saturated heterocycles. The molecule has 0 radical (unpaired) electrons. The monoisotopic (exact) mass is 454 g/mol.